The van der Waals surface area contributed by atoms with Gasteiger partial charge < -0.3 is 42.2 Å². The lowest BCUT2D eigenvalue weighted by Crippen LogP contribution is -2.43. The number of nitriles is 1. The van der Waals surface area contributed by atoms with E-state index in [2.05, 4.69) is 15.7 Å². The van der Waals surface area contributed by atoms with Crippen LogP contribution < -0.4 is 20.7 Å². The first-order valence-electron chi connectivity index (χ1n) is 20.9. The maximum atomic E-state index is 13.8. The van der Waals surface area contributed by atoms with Crippen LogP contribution >= 0.6 is 8.53 Å². The maximum absolute atomic E-state index is 13.8. The number of methoxy groups -OCH3 is 3. The second-order valence-electron chi connectivity index (χ2n) is 15.1. The van der Waals surface area contributed by atoms with Crippen LogP contribution in [0.2, 0.25) is 0 Å². The number of carbonyl (C=O) groups excluding carboxylic acids is 1. The fraction of sp³-hybridized carbons (Fsp3) is 0.478. The third kappa shape index (κ3) is 12.0. The van der Waals surface area contributed by atoms with E-state index in [9.17, 15) is 19.6 Å². The zero-order chi connectivity index (χ0) is 45.5. The molecule has 1 aliphatic rings. The molecule has 1 unspecified atom stereocenters. The molecule has 0 bridgehead atoms. The lowest BCUT2D eigenvalue weighted by molar-refractivity contribution is -0.143. The van der Waals surface area contributed by atoms with Crippen LogP contribution in [0.4, 0.5) is 0 Å². The Bertz CT molecular complexity index is 2140. The van der Waals surface area contributed by atoms with Gasteiger partial charge in [-0.3, -0.25) is 19.1 Å². The molecule has 5 atom stereocenters. The molecule has 0 amide bonds. The molecule has 1 N–H and O–H groups in total. The van der Waals surface area contributed by atoms with Gasteiger partial charge in [0.2, 0.25) is 0 Å². The number of hydrogen-bond acceptors (Lipinski definition) is 14. The largest absolute Gasteiger partial charge is 0.497 e. The van der Waals surface area contributed by atoms with Gasteiger partial charge in [-0.05, 0) is 75.6 Å². The second-order valence-corrected chi connectivity index (χ2v) is 16.5. The van der Waals surface area contributed by atoms with E-state index in [1.54, 1.807) is 28.3 Å². The Morgan fingerprint density at radius 1 is 0.873 bits per heavy atom. The Balaban J connectivity index is 1.71. The number of H-pyrrole nitrogens is 1. The topological polar surface area (TPSA) is 182 Å². The summed E-state index contributed by atoms with van der Waals surface area (Å²) in [4.78, 5) is 41.8. The van der Waals surface area contributed by atoms with Gasteiger partial charge in [-0.15, -0.1) is 0 Å². The molecule has 0 aliphatic carbocycles. The van der Waals surface area contributed by atoms with Crippen molar-refractivity contribution in [3.8, 4) is 17.6 Å². The smallest absolute Gasteiger partial charge is 0.328 e. The molecule has 0 radical (unpaired) electrons. The van der Waals surface area contributed by atoms with Gasteiger partial charge in [0.15, 0.2) is 0 Å². The van der Waals surface area contributed by atoms with Crippen molar-refractivity contribution < 1.29 is 47.0 Å². The van der Waals surface area contributed by atoms with Crippen LogP contribution in [0.1, 0.15) is 69.4 Å². The highest BCUT2D eigenvalue weighted by molar-refractivity contribution is 7.44. The standard InChI is InChI=1S/C46H59N4O12P/c1-9-57-40(51)29-49-28-38(44(52)48-45(49)53)41-43(58-27-26-54-6)42(62-63(60-25-13-24-47)50(31(2)3)32(4)5)39(61-41)30-59-46(33-14-11-10-12-15-33,34-16-20-36(55-7)21-17-34)35-18-22-37(56-8)23-19-35/h10-12,14-23,28,31-32,39,41-43H,9,13,25-27,29-30H2,1-8H3,(H,48,52,53)/t39-,41+,42-,43+,63?/m1/s1. The van der Waals surface area contributed by atoms with E-state index in [0.717, 1.165) is 21.3 Å². The van der Waals surface area contributed by atoms with Gasteiger partial charge in [0.05, 0.1) is 65.3 Å². The minimum absolute atomic E-state index is 0.0105. The van der Waals surface area contributed by atoms with E-state index in [-0.39, 0.29) is 57.1 Å². The third-order valence-electron chi connectivity index (χ3n) is 10.4. The summed E-state index contributed by atoms with van der Waals surface area (Å²) in [5, 5.41) is 9.48. The van der Waals surface area contributed by atoms with E-state index in [1.807, 2.05) is 107 Å². The highest BCUT2D eigenvalue weighted by Crippen LogP contribution is 2.52. The quantitative estimate of drug-likeness (QED) is 0.0360. The van der Waals surface area contributed by atoms with Crippen molar-refractivity contribution in [3.63, 3.8) is 0 Å². The summed E-state index contributed by atoms with van der Waals surface area (Å²) in [5.74, 6) is 0.643. The van der Waals surface area contributed by atoms with Crippen molar-refractivity contribution in [3.05, 3.63) is 128 Å². The molecule has 5 rings (SSSR count). The van der Waals surface area contributed by atoms with E-state index >= 15 is 0 Å². The van der Waals surface area contributed by atoms with Crippen LogP contribution in [0.15, 0.2) is 94.6 Å². The lowest BCUT2D eigenvalue weighted by Gasteiger charge is -2.39. The van der Waals surface area contributed by atoms with Crippen molar-refractivity contribution >= 4 is 14.5 Å². The molecule has 1 fully saturated rings. The average molecular weight is 891 g/mol. The van der Waals surface area contributed by atoms with Crippen LogP contribution in [0.5, 0.6) is 11.5 Å². The molecule has 17 heteroatoms. The Labute approximate surface area is 369 Å². The number of rotatable bonds is 24. The third-order valence-corrected chi connectivity index (χ3v) is 12.5. The maximum Gasteiger partial charge on any atom is 0.328 e. The number of nitrogens with zero attached hydrogens (tertiary/aromatic N) is 3. The number of carbonyl (C=O) groups is 1. The molecule has 4 aromatic rings. The summed E-state index contributed by atoms with van der Waals surface area (Å²) >= 11 is 0. The molecule has 0 saturated carbocycles. The van der Waals surface area contributed by atoms with Gasteiger partial charge in [0.25, 0.3) is 14.1 Å². The molecule has 340 valence electrons. The van der Waals surface area contributed by atoms with Crippen molar-refractivity contribution in [1.29, 1.82) is 5.26 Å². The molecule has 16 nitrogen and oxygen atoms in total. The Morgan fingerprint density at radius 2 is 1.48 bits per heavy atom. The number of ether oxygens (including phenoxy) is 7. The molecule has 2 heterocycles. The first-order chi connectivity index (χ1) is 30.4. The first-order valence-corrected chi connectivity index (χ1v) is 22.0. The number of esters is 1. The zero-order valence-electron chi connectivity index (χ0n) is 37.2. The zero-order valence-corrected chi connectivity index (χ0v) is 38.1. The van der Waals surface area contributed by atoms with Crippen LogP contribution in [-0.2, 0) is 49.7 Å². The predicted octanol–water partition coefficient (Wildman–Crippen LogP) is 6.26. The monoisotopic (exact) mass is 890 g/mol. The van der Waals surface area contributed by atoms with Gasteiger partial charge in [-0.1, -0.05) is 54.6 Å². The van der Waals surface area contributed by atoms with Gasteiger partial charge in [-0.2, -0.15) is 5.26 Å². The lowest BCUT2D eigenvalue weighted by atomic mass is 9.80. The van der Waals surface area contributed by atoms with Crippen molar-refractivity contribution in [2.45, 2.75) is 89.7 Å². The molecule has 63 heavy (non-hydrogen) atoms. The molecule has 3 aromatic carbocycles. The SMILES string of the molecule is CCOC(=O)Cn1cc([C@@H]2O[C@H](COC(c3ccccc3)(c3ccc(OC)cc3)c3ccc(OC)cc3)[C@@H](OP(OCCC#N)N(C(C)C)C(C)C)[C@H]2OCCOC)c(=O)[nH]c1=O. The Hall–Kier alpha value is -4.95. The van der Waals surface area contributed by atoms with Gasteiger partial charge in [0, 0.05) is 25.4 Å². The summed E-state index contributed by atoms with van der Waals surface area (Å²) in [5.41, 5.74) is -0.445. The second kappa shape index (κ2) is 23.7. The molecule has 1 aliphatic heterocycles. The van der Waals surface area contributed by atoms with Gasteiger partial charge in [0.1, 0.15) is 48.1 Å². The minimum Gasteiger partial charge on any atom is -0.497 e. The summed E-state index contributed by atoms with van der Waals surface area (Å²) < 4.78 is 59.0. The van der Waals surface area contributed by atoms with E-state index in [4.69, 9.17) is 42.2 Å². The van der Waals surface area contributed by atoms with Crippen molar-refractivity contribution in [2.75, 3.05) is 54.4 Å². The highest BCUT2D eigenvalue weighted by atomic mass is 31.2. The van der Waals surface area contributed by atoms with Crippen molar-refractivity contribution in [2.24, 2.45) is 0 Å². The average Bonchev–Trinajstić information content (AvgIpc) is 3.61. The number of aromatic amines is 1. The summed E-state index contributed by atoms with van der Waals surface area (Å²) in [6.45, 7) is 9.63. The van der Waals surface area contributed by atoms with Crippen LogP contribution in [0, 0.1) is 11.3 Å². The Kier molecular flexibility index (Phi) is 18.4. The highest BCUT2D eigenvalue weighted by Gasteiger charge is 2.52. The van der Waals surface area contributed by atoms with Crippen LogP contribution in [-0.4, -0.2) is 105 Å². The number of benzene rings is 3. The summed E-state index contributed by atoms with van der Waals surface area (Å²) in [7, 11) is 2.85. The molecular formula is C46H59N4O12P. The fourth-order valence-corrected chi connectivity index (χ4v) is 9.33. The predicted molar refractivity (Wildman–Crippen MR) is 236 cm³/mol. The van der Waals surface area contributed by atoms with E-state index < -0.39 is 62.3 Å². The minimum atomic E-state index is -1.90. The summed E-state index contributed by atoms with van der Waals surface area (Å²) in [6.07, 6.45) is -2.70. The molecule has 0 spiro atoms. The first kappa shape index (κ1) is 49.1. The summed E-state index contributed by atoms with van der Waals surface area (Å²) in [6, 6.07) is 27.0. The van der Waals surface area contributed by atoms with Crippen LogP contribution in [0.3, 0.4) is 0 Å². The number of hydrogen-bond donors (Lipinski definition) is 1. The fourth-order valence-electron chi connectivity index (χ4n) is 7.56. The molecule has 1 saturated heterocycles. The van der Waals surface area contributed by atoms with Gasteiger partial charge in [-0.25, -0.2) is 9.46 Å². The van der Waals surface area contributed by atoms with Gasteiger partial charge >= 0.3 is 11.7 Å². The number of aromatic nitrogens is 2. The van der Waals surface area contributed by atoms with Crippen LogP contribution in [0.25, 0.3) is 0 Å². The molecular weight excluding hydrogens is 831 g/mol. The van der Waals surface area contributed by atoms with E-state index in [1.165, 1.54) is 6.20 Å². The number of nitrogens with one attached hydrogen (secondary N) is 1. The normalized spacial score (nSPS) is 18.1. The Morgan fingerprint density at radius 3 is 2.02 bits per heavy atom. The molecule has 1 aromatic heterocycles. The van der Waals surface area contributed by atoms with E-state index in [0.29, 0.717) is 11.5 Å². The van der Waals surface area contributed by atoms with Crippen molar-refractivity contribution in [1.82, 2.24) is 14.2 Å².